The van der Waals surface area contributed by atoms with Gasteiger partial charge in [-0.25, -0.2) is 0 Å². The molecule has 2 aromatic carbocycles. The molecule has 2 aliphatic heterocycles. The standard InChI is InChI=1S/C21H23NO3/c23-20(7-6-15-4-2-1-3-5-15)22-11-8-18-17-10-13-24-19(17)14-16-9-12-25-21(16)18/h1-5,14H,6-13H2,(H,22,23). The van der Waals surface area contributed by atoms with E-state index in [4.69, 9.17) is 9.47 Å². The minimum Gasteiger partial charge on any atom is -0.493 e. The lowest BCUT2D eigenvalue weighted by atomic mass is 9.97. The molecule has 0 radical (unpaired) electrons. The Morgan fingerprint density at radius 3 is 2.76 bits per heavy atom. The normalized spacial score (nSPS) is 14.4. The molecule has 0 spiro atoms. The van der Waals surface area contributed by atoms with Gasteiger partial charge >= 0.3 is 0 Å². The number of aryl methyl sites for hydroxylation is 1. The monoisotopic (exact) mass is 337 g/mol. The fraction of sp³-hybridized carbons (Fsp3) is 0.381. The van der Waals surface area contributed by atoms with Crippen LogP contribution in [0.1, 0.15) is 28.7 Å². The second-order valence-electron chi connectivity index (χ2n) is 6.60. The minimum atomic E-state index is 0.102. The van der Waals surface area contributed by atoms with Gasteiger partial charge in [0.1, 0.15) is 11.5 Å². The number of rotatable bonds is 6. The molecule has 0 aliphatic carbocycles. The molecular formula is C21H23NO3. The summed E-state index contributed by atoms with van der Waals surface area (Å²) in [7, 11) is 0. The first-order chi connectivity index (χ1) is 12.3. The summed E-state index contributed by atoms with van der Waals surface area (Å²) in [6.45, 7) is 2.13. The van der Waals surface area contributed by atoms with Crippen molar-refractivity contribution in [1.82, 2.24) is 5.32 Å². The summed E-state index contributed by atoms with van der Waals surface area (Å²) in [4.78, 5) is 12.1. The highest BCUT2D eigenvalue weighted by molar-refractivity contribution is 5.76. The van der Waals surface area contributed by atoms with E-state index in [0.717, 1.165) is 50.4 Å². The van der Waals surface area contributed by atoms with Gasteiger partial charge in [-0.1, -0.05) is 30.3 Å². The molecule has 2 aliphatic rings. The molecular weight excluding hydrogens is 314 g/mol. The summed E-state index contributed by atoms with van der Waals surface area (Å²) in [5.74, 6) is 2.14. The maximum absolute atomic E-state index is 12.1. The molecule has 1 amide bonds. The van der Waals surface area contributed by atoms with Gasteiger partial charge in [0, 0.05) is 42.5 Å². The zero-order valence-corrected chi connectivity index (χ0v) is 14.3. The molecule has 0 fully saturated rings. The third kappa shape index (κ3) is 3.48. The van der Waals surface area contributed by atoms with Crippen LogP contribution in [0.5, 0.6) is 11.5 Å². The molecule has 0 aromatic heterocycles. The van der Waals surface area contributed by atoms with E-state index in [1.54, 1.807) is 0 Å². The van der Waals surface area contributed by atoms with Crippen LogP contribution in [0.2, 0.25) is 0 Å². The summed E-state index contributed by atoms with van der Waals surface area (Å²) < 4.78 is 11.6. The fourth-order valence-electron chi connectivity index (χ4n) is 3.67. The number of benzene rings is 2. The third-order valence-corrected chi connectivity index (χ3v) is 4.94. The molecule has 4 rings (SSSR count). The van der Waals surface area contributed by atoms with Crippen molar-refractivity contribution in [3.05, 3.63) is 58.7 Å². The number of fused-ring (bicyclic) bond motifs is 2. The summed E-state index contributed by atoms with van der Waals surface area (Å²) in [6, 6.07) is 12.2. The lowest BCUT2D eigenvalue weighted by Crippen LogP contribution is -2.26. The van der Waals surface area contributed by atoms with Crippen molar-refractivity contribution in [2.75, 3.05) is 19.8 Å². The molecule has 2 heterocycles. The van der Waals surface area contributed by atoms with Crippen molar-refractivity contribution < 1.29 is 14.3 Å². The van der Waals surface area contributed by atoms with Crippen molar-refractivity contribution in [3.63, 3.8) is 0 Å². The van der Waals surface area contributed by atoms with E-state index in [1.165, 1.54) is 22.3 Å². The summed E-state index contributed by atoms with van der Waals surface area (Å²) >= 11 is 0. The Morgan fingerprint density at radius 1 is 1.04 bits per heavy atom. The zero-order valence-electron chi connectivity index (χ0n) is 14.3. The maximum atomic E-state index is 12.1. The quantitative estimate of drug-likeness (QED) is 0.882. The van der Waals surface area contributed by atoms with Crippen LogP contribution in [0, 0.1) is 0 Å². The van der Waals surface area contributed by atoms with Crippen molar-refractivity contribution in [1.29, 1.82) is 0 Å². The number of carbonyl (C=O) groups excluding carboxylic acids is 1. The molecule has 1 N–H and O–H groups in total. The SMILES string of the molecule is O=C(CCc1ccccc1)NCCc1c2c(cc3c1OCC3)OCC2. The third-order valence-electron chi connectivity index (χ3n) is 4.94. The Bertz CT molecular complexity index is 738. The molecule has 2 aromatic rings. The van der Waals surface area contributed by atoms with Crippen molar-refractivity contribution >= 4 is 5.91 Å². The van der Waals surface area contributed by atoms with E-state index in [-0.39, 0.29) is 5.91 Å². The Labute approximate surface area is 148 Å². The second-order valence-corrected chi connectivity index (χ2v) is 6.60. The molecule has 0 saturated heterocycles. The molecule has 0 saturated carbocycles. The van der Waals surface area contributed by atoms with Crippen LogP contribution >= 0.6 is 0 Å². The van der Waals surface area contributed by atoms with E-state index in [2.05, 4.69) is 23.5 Å². The Morgan fingerprint density at radius 2 is 1.88 bits per heavy atom. The van der Waals surface area contributed by atoms with Gasteiger partial charge in [-0.15, -0.1) is 0 Å². The number of amides is 1. The van der Waals surface area contributed by atoms with Gasteiger partial charge < -0.3 is 14.8 Å². The number of carbonyl (C=O) groups is 1. The van der Waals surface area contributed by atoms with Crippen LogP contribution in [0.25, 0.3) is 0 Å². The number of hydrogen-bond acceptors (Lipinski definition) is 3. The van der Waals surface area contributed by atoms with Crippen LogP contribution < -0.4 is 14.8 Å². The Kier molecular flexibility index (Phi) is 4.59. The molecule has 4 nitrogen and oxygen atoms in total. The minimum absolute atomic E-state index is 0.102. The second kappa shape index (κ2) is 7.18. The van der Waals surface area contributed by atoms with Gasteiger partial charge in [0.2, 0.25) is 5.91 Å². The average molecular weight is 337 g/mol. The first-order valence-corrected chi connectivity index (χ1v) is 9.05. The van der Waals surface area contributed by atoms with Crippen molar-refractivity contribution in [2.24, 2.45) is 0 Å². The van der Waals surface area contributed by atoms with E-state index in [9.17, 15) is 4.79 Å². The van der Waals surface area contributed by atoms with E-state index in [0.29, 0.717) is 13.0 Å². The first-order valence-electron chi connectivity index (χ1n) is 9.05. The number of ether oxygens (including phenoxy) is 2. The van der Waals surface area contributed by atoms with E-state index >= 15 is 0 Å². The van der Waals surface area contributed by atoms with Gasteiger partial charge in [-0.3, -0.25) is 4.79 Å². The highest BCUT2D eigenvalue weighted by Gasteiger charge is 2.26. The summed E-state index contributed by atoms with van der Waals surface area (Å²) in [5.41, 5.74) is 4.93. The van der Waals surface area contributed by atoms with Gasteiger partial charge in [0.15, 0.2) is 0 Å². The Balaban J connectivity index is 1.34. The number of hydrogen-bond donors (Lipinski definition) is 1. The molecule has 0 bridgehead atoms. The van der Waals surface area contributed by atoms with Crippen LogP contribution in [-0.2, 0) is 30.5 Å². The smallest absolute Gasteiger partial charge is 0.220 e. The molecule has 0 atom stereocenters. The van der Waals surface area contributed by atoms with Gasteiger partial charge in [-0.05, 0) is 24.5 Å². The predicted molar refractivity (Wildman–Crippen MR) is 96.3 cm³/mol. The molecule has 4 heteroatoms. The summed E-state index contributed by atoms with van der Waals surface area (Å²) in [5, 5.41) is 3.05. The van der Waals surface area contributed by atoms with Crippen LogP contribution in [-0.4, -0.2) is 25.7 Å². The highest BCUT2D eigenvalue weighted by atomic mass is 16.5. The average Bonchev–Trinajstić information content (AvgIpc) is 3.29. The zero-order chi connectivity index (χ0) is 17.1. The van der Waals surface area contributed by atoms with Crippen LogP contribution in [0.3, 0.4) is 0 Å². The van der Waals surface area contributed by atoms with E-state index < -0.39 is 0 Å². The predicted octanol–water partition coefficient (Wildman–Crippen LogP) is 2.85. The van der Waals surface area contributed by atoms with Crippen LogP contribution in [0.4, 0.5) is 0 Å². The van der Waals surface area contributed by atoms with Gasteiger partial charge in [0.25, 0.3) is 0 Å². The molecule has 0 unspecified atom stereocenters. The fourth-order valence-corrected chi connectivity index (χ4v) is 3.67. The lowest BCUT2D eigenvalue weighted by molar-refractivity contribution is -0.121. The Hall–Kier alpha value is -2.49. The maximum Gasteiger partial charge on any atom is 0.220 e. The largest absolute Gasteiger partial charge is 0.493 e. The molecule has 130 valence electrons. The van der Waals surface area contributed by atoms with Gasteiger partial charge in [0.05, 0.1) is 13.2 Å². The highest BCUT2D eigenvalue weighted by Crippen LogP contribution is 2.40. The van der Waals surface area contributed by atoms with Crippen molar-refractivity contribution in [3.8, 4) is 11.5 Å². The van der Waals surface area contributed by atoms with Crippen molar-refractivity contribution in [2.45, 2.75) is 32.1 Å². The first kappa shape index (κ1) is 16.0. The van der Waals surface area contributed by atoms with E-state index in [1.807, 2.05) is 18.2 Å². The number of nitrogens with one attached hydrogen (secondary N) is 1. The van der Waals surface area contributed by atoms with Crippen LogP contribution in [0.15, 0.2) is 36.4 Å². The summed E-state index contributed by atoms with van der Waals surface area (Å²) in [6.07, 6.45) is 3.98. The lowest BCUT2D eigenvalue weighted by Gasteiger charge is -2.13. The van der Waals surface area contributed by atoms with Gasteiger partial charge in [-0.2, -0.15) is 0 Å². The topological polar surface area (TPSA) is 47.6 Å². The molecule has 25 heavy (non-hydrogen) atoms.